The van der Waals surface area contributed by atoms with Crippen molar-refractivity contribution >= 4 is 0 Å². The molecule has 4 aliphatic carbocycles. The fourth-order valence-corrected chi connectivity index (χ4v) is 6.30. The van der Waals surface area contributed by atoms with Crippen LogP contribution in [0.2, 0.25) is 0 Å². The van der Waals surface area contributed by atoms with E-state index in [1.165, 1.54) is 38.5 Å². The van der Waals surface area contributed by atoms with Gasteiger partial charge in [0.2, 0.25) is 5.89 Å². The second-order valence-corrected chi connectivity index (χ2v) is 8.86. The van der Waals surface area contributed by atoms with Crippen molar-refractivity contribution in [1.29, 1.82) is 0 Å². The first-order valence-electron chi connectivity index (χ1n) is 9.97. The molecule has 0 amide bonds. The first-order valence-corrected chi connectivity index (χ1v) is 9.97. The van der Waals surface area contributed by atoms with Crippen molar-refractivity contribution in [3.63, 3.8) is 0 Å². The molecule has 2 aromatic rings. The summed E-state index contributed by atoms with van der Waals surface area (Å²) in [6, 6.07) is 6.06. The smallest absolute Gasteiger partial charge is 0.231 e. The van der Waals surface area contributed by atoms with Crippen molar-refractivity contribution in [2.75, 3.05) is 13.2 Å². The zero-order chi connectivity index (χ0) is 17.1. The van der Waals surface area contributed by atoms with Crippen molar-refractivity contribution in [3.8, 4) is 11.5 Å². The molecule has 1 aliphatic heterocycles. The number of aromatic nitrogens is 2. The van der Waals surface area contributed by atoms with Crippen LogP contribution in [0.3, 0.4) is 0 Å². The number of ether oxygens (including phenoxy) is 2. The van der Waals surface area contributed by atoms with Crippen molar-refractivity contribution in [2.24, 2.45) is 17.8 Å². The molecule has 26 heavy (non-hydrogen) atoms. The number of hydrogen-bond donors (Lipinski definition) is 0. The Hall–Kier alpha value is -2.04. The maximum atomic E-state index is 5.68. The van der Waals surface area contributed by atoms with E-state index in [0.717, 1.165) is 40.6 Å². The van der Waals surface area contributed by atoms with Gasteiger partial charge in [-0.2, -0.15) is 4.98 Å². The Labute approximate surface area is 153 Å². The number of rotatable bonds is 3. The molecule has 4 saturated carbocycles. The second kappa shape index (κ2) is 5.48. The third-order valence-electron chi connectivity index (χ3n) is 6.94. The van der Waals surface area contributed by atoms with Gasteiger partial charge in [-0.1, -0.05) is 11.2 Å². The van der Waals surface area contributed by atoms with E-state index in [1.807, 2.05) is 12.1 Å². The van der Waals surface area contributed by atoms with Gasteiger partial charge in [0.05, 0.1) is 6.42 Å². The first kappa shape index (κ1) is 15.1. The zero-order valence-corrected chi connectivity index (χ0v) is 14.9. The minimum Gasteiger partial charge on any atom is -0.486 e. The molecular formula is C21H24N2O3. The summed E-state index contributed by atoms with van der Waals surface area (Å²) < 4.78 is 16.9. The fraction of sp³-hybridized carbons (Fsp3) is 0.619. The quantitative estimate of drug-likeness (QED) is 0.838. The number of fused-ring (bicyclic) bond motifs is 1. The lowest BCUT2D eigenvalue weighted by molar-refractivity contribution is -0.0103. The summed E-state index contributed by atoms with van der Waals surface area (Å²) in [6.45, 7) is 1.22. The molecule has 0 spiro atoms. The minimum atomic E-state index is 0.198. The van der Waals surface area contributed by atoms with E-state index in [0.29, 0.717) is 25.5 Å². The number of nitrogens with zero attached hydrogens (tertiary/aromatic N) is 2. The van der Waals surface area contributed by atoms with Gasteiger partial charge in [-0.3, -0.25) is 0 Å². The summed E-state index contributed by atoms with van der Waals surface area (Å²) in [5.41, 5.74) is 1.32. The SMILES string of the molecule is c1cc2c(cc1Cc1nc(C34CC5CC(CC(C5)C3)C4)no1)OCCO2. The van der Waals surface area contributed by atoms with E-state index in [9.17, 15) is 0 Å². The van der Waals surface area contributed by atoms with Crippen molar-refractivity contribution in [1.82, 2.24) is 10.1 Å². The third kappa shape index (κ3) is 2.36. The van der Waals surface area contributed by atoms with Gasteiger partial charge in [0.1, 0.15) is 13.2 Å². The van der Waals surface area contributed by atoms with Gasteiger partial charge in [-0.15, -0.1) is 0 Å². The highest BCUT2D eigenvalue weighted by Gasteiger charge is 2.53. The molecule has 2 heterocycles. The van der Waals surface area contributed by atoms with Crippen LogP contribution in [-0.2, 0) is 11.8 Å². The van der Waals surface area contributed by atoms with E-state index in [1.54, 1.807) is 0 Å². The average molecular weight is 352 g/mol. The van der Waals surface area contributed by atoms with E-state index < -0.39 is 0 Å². The molecule has 0 radical (unpaired) electrons. The van der Waals surface area contributed by atoms with E-state index >= 15 is 0 Å². The van der Waals surface area contributed by atoms with Crippen LogP contribution in [0, 0.1) is 17.8 Å². The molecule has 0 unspecified atom stereocenters. The summed E-state index contributed by atoms with van der Waals surface area (Å²) in [7, 11) is 0. The highest BCUT2D eigenvalue weighted by atomic mass is 16.6. The molecule has 1 aromatic carbocycles. The lowest BCUT2D eigenvalue weighted by atomic mass is 9.49. The Bertz CT molecular complexity index is 808. The monoisotopic (exact) mass is 352 g/mol. The zero-order valence-electron chi connectivity index (χ0n) is 14.9. The number of benzene rings is 1. The highest BCUT2D eigenvalue weighted by Crippen LogP contribution is 2.60. The van der Waals surface area contributed by atoms with Gasteiger partial charge in [0, 0.05) is 5.41 Å². The van der Waals surface area contributed by atoms with Crippen LogP contribution in [0.5, 0.6) is 11.5 Å². The summed E-state index contributed by atoms with van der Waals surface area (Å²) >= 11 is 0. The molecule has 5 aliphatic rings. The van der Waals surface area contributed by atoms with Crippen LogP contribution in [-0.4, -0.2) is 23.4 Å². The van der Waals surface area contributed by atoms with Gasteiger partial charge in [-0.05, 0) is 74.0 Å². The predicted molar refractivity (Wildman–Crippen MR) is 94.4 cm³/mol. The van der Waals surface area contributed by atoms with Gasteiger partial charge in [-0.25, -0.2) is 0 Å². The maximum absolute atomic E-state index is 5.68. The maximum Gasteiger partial charge on any atom is 0.231 e. The summed E-state index contributed by atoms with van der Waals surface area (Å²) in [6.07, 6.45) is 8.74. The Balaban J connectivity index is 1.25. The summed E-state index contributed by atoms with van der Waals surface area (Å²) in [5, 5.41) is 4.45. The molecular weight excluding hydrogens is 328 g/mol. The largest absolute Gasteiger partial charge is 0.486 e. The Kier molecular flexibility index (Phi) is 3.17. The van der Waals surface area contributed by atoms with E-state index in [4.69, 9.17) is 19.0 Å². The van der Waals surface area contributed by atoms with Gasteiger partial charge in [0.25, 0.3) is 0 Å². The Morgan fingerprint density at radius 1 is 0.923 bits per heavy atom. The Morgan fingerprint density at radius 3 is 2.35 bits per heavy atom. The average Bonchev–Trinajstić information content (AvgIpc) is 3.10. The Morgan fingerprint density at radius 2 is 1.62 bits per heavy atom. The highest BCUT2D eigenvalue weighted by molar-refractivity contribution is 5.44. The molecule has 5 heteroatoms. The third-order valence-corrected chi connectivity index (χ3v) is 6.94. The predicted octanol–water partition coefficient (Wildman–Crippen LogP) is 3.90. The minimum absolute atomic E-state index is 0.198. The van der Waals surface area contributed by atoms with Crippen molar-refractivity contribution < 1.29 is 14.0 Å². The lowest BCUT2D eigenvalue weighted by Gasteiger charge is -2.55. The molecule has 0 N–H and O–H groups in total. The fourth-order valence-electron chi connectivity index (χ4n) is 6.30. The molecule has 4 bridgehead atoms. The topological polar surface area (TPSA) is 57.4 Å². The van der Waals surface area contributed by atoms with E-state index in [2.05, 4.69) is 11.2 Å². The molecule has 7 rings (SSSR count). The summed E-state index contributed by atoms with van der Waals surface area (Å²) in [4.78, 5) is 4.86. The molecule has 1 aromatic heterocycles. The number of hydrogen-bond acceptors (Lipinski definition) is 5. The lowest BCUT2D eigenvalue weighted by Crippen LogP contribution is -2.49. The second-order valence-electron chi connectivity index (χ2n) is 8.86. The van der Waals surface area contributed by atoms with Crippen LogP contribution in [0.4, 0.5) is 0 Å². The molecule has 0 saturated heterocycles. The van der Waals surface area contributed by atoms with Gasteiger partial charge in [0.15, 0.2) is 17.3 Å². The van der Waals surface area contributed by atoms with Crippen LogP contribution in [0.1, 0.15) is 55.8 Å². The normalized spacial score (nSPS) is 34.2. The molecule has 136 valence electrons. The first-order chi connectivity index (χ1) is 12.8. The van der Waals surface area contributed by atoms with Gasteiger partial charge < -0.3 is 14.0 Å². The van der Waals surface area contributed by atoms with E-state index in [-0.39, 0.29) is 5.41 Å². The molecule has 4 fully saturated rings. The van der Waals surface area contributed by atoms with Crippen LogP contribution in [0.15, 0.2) is 22.7 Å². The van der Waals surface area contributed by atoms with Crippen LogP contribution >= 0.6 is 0 Å². The van der Waals surface area contributed by atoms with Crippen LogP contribution in [0.25, 0.3) is 0 Å². The molecule has 0 atom stereocenters. The standard InChI is InChI=1S/C21H24N2O3/c1-2-17-18(25-4-3-24-17)8-13(1)9-19-22-20(23-26-19)21-10-14-5-15(11-21)7-16(6-14)12-21/h1-2,8,14-16H,3-7,9-12H2. The molecule has 5 nitrogen and oxygen atoms in total. The van der Waals surface area contributed by atoms with Gasteiger partial charge >= 0.3 is 0 Å². The van der Waals surface area contributed by atoms with Crippen molar-refractivity contribution in [3.05, 3.63) is 35.5 Å². The van der Waals surface area contributed by atoms with Crippen LogP contribution < -0.4 is 9.47 Å². The van der Waals surface area contributed by atoms with Crippen molar-refractivity contribution in [2.45, 2.75) is 50.4 Å². The summed E-state index contributed by atoms with van der Waals surface area (Å²) in [5.74, 6) is 5.99.